The van der Waals surface area contributed by atoms with Gasteiger partial charge in [-0.15, -0.1) is 0 Å². The molecule has 0 saturated carbocycles. The molecule has 5 heteroatoms. The van der Waals surface area contributed by atoms with E-state index in [1.54, 1.807) is 6.20 Å². The molecule has 0 spiro atoms. The number of pyridine rings is 1. The Kier molecular flexibility index (Phi) is 3.38. The fourth-order valence-electron chi connectivity index (χ4n) is 2.18. The van der Waals surface area contributed by atoms with Crippen molar-refractivity contribution in [2.75, 3.05) is 11.9 Å². The van der Waals surface area contributed by atoms with Crippen LogP contribution in [0, 0.1) is 6.92 Å². The average molecular weight is 272 g/mol. The van der Waals surface area contributed by atoms with E-state index in [2.05, 4.69) is 29.1 Å². The summed E-state index contributed by atoms with van der Waals surface area (Å²) < 4.78 is 0. The number of anilines is 1. The van der Waals surface area contributed by atoms with E-state index in [0.717, 1.165) is 46.5 Å². The van der Waals surface area contributed by atoms with Gasteiger partial charge < -0.3 is 5.32 Å². The molecular formula is C14H16N4S. The molecular weight excluding hydrogens is 256 g/mol. The van der Waals surface area contributed by atoms with Crippen LogP contribution < -0.4 is 5.32 Å². The lowest BCUT2D eigenvalue weighted by molar-refractivity contribution is 1.04. The highest BCUT2D eigenvalue weighted by Gasteiger charge is 2.20. The number of aromatic nitrogens is 3. The van der Waals surface area contributed by atoms with E-state index in [1.807, 2.05) is 24.0 Å². The molecule has 4 nitrogen and oxygen atoms in total. The van der Waals surface area contributed by atoms with Crippen LogP contribution in [0.25, 0.3) is 11.4 Å². The third-order valence-electron chi connectivity index (χ3n) is 3.20. The van der Waals surface area contributed by atoms with Gasteiger partial charge in [0.15, 0.2) is 5.82 Å². The smallest absolute Gasteiger partial charge is 0.163 e. The van der Waals surface area contributed by atoms with Crippen LogP contribution in [0.2, 0.25) is 0 Å². The minimum absolute atomic E-state index is 0.780. The largest absolute Gasteiger partial charge is 0.370 e. The van der Waals surface area contributed by atoms with E-state index >= 15 is 0 Å². The molecule has 1 aliphatic heterocycles. The summed E-state index contributed by atoms with van der Waals surface area (Å²) in [5.41, 5.74) is 4.59. The molecule has 0 amide bonds. The molecule has 0 fully saturated rings. The second-order valence-corrected chi connectivity index (χ2v) is 5.52. The minimum Gasteiger partial charge on any atom is -0.370 e. The van der Waals surface area contributed by atoms with Crippen molar-refractivity contribution in [3.8, 4) is 11.4 Å². The second kappa shape index (κ2) is 5.17. The predicted octanol–water partition coefficient (Wildman–Crippen LogP) is 3.03. The van der Waals surface area contributed by atoms with Crippen LogP contribution >= 0.6 is 11.8 Å². The van der Waals surface area contributed by atoms with Gasteiger partial charge in [0.2, 0.25) is 0 Å². The number of nitrogens with one attached hydrogen (secondary N) is 1. The zero-order valence-corrected chi connectivity index (χ0v) is 11.9. The van der Waals surface area contributed by atoms with Crippen molar-refractivity contribution < 1.29 is 0 Å². The summed E-state index contributed by atoms with van der Waals surface area (Å²) in [6.45, 7) is 5.03. The standard InChI is InChI=1S/C14H16N4S/c1-3-16-13-11-7-19-8-12(11)17-14(18-13)10-6-15-5-4-9(10)2/h4-6H,3,7-8H2,1-2H3,(H,16,17,18). The summed E-state index contributed by atoms with van der Waals surface area (Å²) in [5.74, 6) is 3.74. The normalized spacial score (nSPS) is 13.4. The molecule has 19 heavy (non-hydrogen) atoms. The molecule has 0 atom stereocenters. The lowest BCUT2D eigenvalue weighted by Crippen LogP contribution is -2.07. The van der Waals surface area contributed by atoms with E-state index in [0.29, 0.717) is 0 Å². The number of nitrogens with zero attached hydrogens (tertiary/aromatic N) is 3. The van der Waals surface area contributed by atoms with Crippen LogP contribution in [0.4, 0.5) is 5.82 Å². The van der Waals surface area contributed by atoms with E-state index in [4.69, 9.17) is 4.98 Å². The van der Waals surface area contributed by atoms with Gasteiger partial charge in [0.25, 0.3) is 0 Å². The van der Waals surface area contributed by atoms with Gasteiger partial charge in [-0.05, 0) is 25.5 Å². The second-order valence-electron chi connectivity index (χ2n) is 4.53. The third kappa shape index (κ3) is 2.30. The summed E-state index contributed by atoms with van der Waals surface area (Å²) in [6.07, 6.45) is 3.64. The molecule has 2 aromatic heterocycles. The summed E-state index contributed by atoms with van der Waals surface area (Å²) in [7, 11) is 0. The summed E-state index contributed by atoms with van der Waals surface area (Å²) >= 11 is 1.89. The van der Waals surface area contributed by atoms with Crippen molar-refractivity contribution in [1.29, 1.82) is 0 Å². The maximum Gasteiger partial charge on any atom is 0.163 e. The topological polar surface area (TPSA) is 50.7 Å². The molecule has 0 radical (unpaired) electrons. The first-order chi connectivity index (χ1) is 9.29. The predicted molar refractivity (Wildman–Crippen MR) is 79.2 cm³/mol. The number of thioether (sulfide) groups is 1. The first kappa shape index (κ1) is 12.4. The van der Waals surface area contributed by atoms with E-state index < -0.39 is 0 Å². The maximum atomic E-state index is 4.72. The van der Waals surface area contributed by atoms with Crippen LogP contribution in [-0.2, 0) is 11.5 Å². The van der Waals surface area contributed by atoms with Crippen LogP contribution in [0.1, 0.15) is 23.7 Å². The third-order valence-corrected chi connectivity index (χ3v) is 4.17. The molecule has 0 aliphatic carbocycles. The van der Waals surface area contributed by atoms with Crippen LogP contribution in [0.3, 0.4) is 0 Å². The molecule has 98 valence electrons. The molecule has 2 aromatic rings. The zero-order chi connectivity index (χ0) is 13.2. The van der Waals surface area contributed by atoms with Crippen molar-refractivity contribution in [3.05, 3.63) is 35.3 Å². The Morgan fingerprint density at radius 2 is 2.21 bits per heavy atom. The molecule has 0 unspecified atom stereocenters. The Bertz CT molecular complexity index is 612. The van der Waals surface area contributed by atoms with Gasteiger partial charge in [0.1, 0.15) is 5.82 Å². The van der Waals surface area contributed by atoms with Gasteiger partial charge >= 0.3 is 0 Å². The van der Waals surface area contributed by atoms with E-state index in [-0.39, 0.29) is 0 Å². The minimum atomic E-state index is 0.780. The van der Waals surface area contributed by atoms with Crippen molar-refractivity contribution in [2.45, 2.75) is 25.4 Å². The highest BCUT2D eigenvalue weighted by molar-refractivity contribution is 7.98. The van der Waals surface area contributed by atoms with Crippen molar-refractivity contribution in [1.82, 2.24) is 15.0 Å². The number of hydrogen-bond donors (Lipinski definition) is 1. The monoisotopic (exact) mass is 272 g/mol. The van der Waals surface area contributed by atoms with E-state index in [1.165, 1.54) is 5.56 Å². The van der Waals surface area contributed by atoms with E-state index in [9.17, 15) is 0 Å². The number of aryl methyl sites for hydroxylation is 1. The molecule has 0 aromatic carbocycles. The summed E-state index contributed by atoms with van der Waals surface area (Å²) in [5, 5.41) is 3.35. The lowest BCUT2D eigenvalue weighted by atomic mass is 10.1. The fraction of sp³-hybridized carbons (Fsp3) is 0.357. The summed E-state index contributed by atoms with van der Waals surface area (Å²) in [6, 6.07) is 1.99. The summed E-state index contributed by atoms with van der Waals surface area (Å²) in [4.78, 5) is 13.6. The first-order valence-corrected chi connectivity index (χ1v) is 7.57. The maximum absolute atomic E-state index is 4.72. The highest BCUT2D eigenvalue weighted by atomic mass is 32.2. The number of fused-ring (bicyclic) bond motifs is 1. The van der Waals surface area contributed by atoms with Crippen LogP contribution in [-0.4, -0.2) is 21.5 Å². The van der Waals surface area contributed by atoms with Crippen LogP contribution in [0.15, 0.2) is 18.5 Å². The molecule has 3 heterocycles. The number of rotatable bonds is 3. The molecule has 3 rings (SSSR count). The first-order valence-electron chi connectivity index (χ1n) is 6.42. The lowest BCUT2D eigenvalue weighted by Gasteiger charge is -2.11. The SMILES string of the molecule is CCNc1nc(-c2cnccc2C)nc2c1CSC2. The van der Waals surface area contributed by atoms with Gasteiger partial charge in [-0.3, -0.25) is 4.98 Å². The Hall–Kier alpha value is -1.62. The average Bonchev–Trinajstić information content (AvgIpc) is 2.88. The van der Waals surface area contributed by atoms with Gasteiger partial charge in [-0.1, -0.05) is 0 Å². The van der Waals surface area contributed by atoms with Crippen LogP contribution in [0.5, 0.6) is 0 Å². The molecule has 1 aliphatic rings. The molecule has 0 saturated heterocycles. The van der Waals surface area contributed by atoms with Gasteiger partial charge in [-0.2, -0.15) is 11.8 Å². The Labute approximate surface area is 117 Å². The Morgan fingerprint density at radius 1 is 1.32 bits per heavy atom. The highest BCUT2D eigenvalue weighted by Crippen LogP contribution is 2.34. The van der Waals surface area contributed by atoms with Crippen molar-refractivity contribution in [3.63, 3.8) is 0 Å². The number of hydrogen-bond acceptors (Lipinski definition) is 5. The molecule has 0 bridgehead atoms. The Balaban J connectivity index is 2.13. The zero-order valence-electron chi connectivity index (χ0n) is 11.1. The van der Waals surface area contributed by atoms with Crippen molar-refractivity contribution in [2.24, 2.45) is 0 Å². The van der Waals surface area contributed by atoms with Gasteiger partial charge in [-0.25, -0.2) is 9.97 Å². The molecule has 1 N–H and O–H groups in total. The van der Waals surface area contributed by atoms with Gasteiger partial charge in [0.05, 0.1) is 5.69 Å². The van der Waals surface area contributed by atoms with Crippen molar-refractivity contribution >= 4 is 17.6 Å². The quantitative estimate of drug-likeness (QED) is 0.930. The van der Waals surface area contributed by atoms with Gasteiger partial charge in [0, 0.05) is 41.6 Å². The fourth-order valence-corrected chi connectivity index (χ4v) is 3.23. The Morgan fingerprint density at radius 3 is 3.00 bits per heavy atom.